The van der Waals surface area contributed by atoms with E-state index < -0.39 is 9.84 Å². The van der Waals surface area contributed by atoms with Gasteiger partial charge < -0.3 is 9.64 Å². The van der Waals surface area contributed by atoms with Crippen LogP contribution in [-0.4, -0.2) is 56.5 Å². The van der Waals surface area contributed by atoms with Crippen LogP contribution in [0.5, 0.6) is 0 Å². The number of carbonyl (C=O) groups is 1. The maximum Gasteiger partial charge on any atom is 0.237 e. The Labute approximate surface area is 127 Å². The monoisotopic (exact) mass is 317 g/mol. The first-order valence-electron chi connectivity index (χ1n) is 7.94. The third-order valence-corrected chi connectivity index (χ3v) is 5.30. The molecule has 21 heavy (non-hydrogen) atoms. The van der Waals surface area contributed by atoms with Crippen molar-refractivity contribution in [3.8, 4) is 0 Å². The molecule has 0 N–H and O–H groups in total. The average Bonchev–Trinajstić information content (AvgIpc) is 2.40. The molecule has 2 fully saturated rings. The van der Waals surface area contributed by atoms with Crippen LogP contribution in [0.2, 0.25) is 0 Å². The molecular weight excluding hydrogens is 290 g/mol. The summed E-state index contributed by atoms with van der Waals surface area (Å²) in [5.41, 5.74) is 0. The zero-order valence-corrected chi connectivity index (χ0v) is 13.9. The molecule has 0 spiro atoms. The third kappa shape index (κ3) is 5.58. The quantitative estimate of drug-likeness (QED) is 0.790. The molecule has 6 heteroatoms. The predicted octanol–water partition coefficient (Wildman–Crippen LogP) is 1.62. The molecule has 0 aromatic rings. The first kappa shape index (κ1) is 16.7. The van der Waals surface area contributed by atoms with Gasteiger partial charge >= 0.3 is 0 Å². The van der Waals surface area contributed by atoms with Crippen LogP contribution in [0.3, 0.4) is 0 Å². The Balaban J connectivity index is 1.72. The molecular formula is C15H27NO4S. The minimum absolute atomic E-state index is 0.227. The molecule has 122 valence electrons. The molecule has 1 amide bonds. The molecule has 0 unspecified atom stereocenters. The van der Waals surface area contributed by atoms with Gasteiger partial charge in [-0.2, -0.15) is 0 Å². The van der Waals surface area contributed by atoms with Gasteiger partial charge in [0.1, 0.15) is 5.75 Å². The maximum absolute atomic E-state index is 11.9. The van der Waals surface area contributed by atoms with Crippen molar-refractivity contribution in [1.29, 1.82) is 0 Å². The lowest BCUT2D eigenvalue weighted by Gasteiger charge is -2.35. The van der Waals surface area contributed by atoms with Crippen molar-refractivity contribution in [3.05, 3.63) is 0 Å². The number of hydrogen-bond donors (Lipinski definition) is 0. The van der Waals surface area contributed by atoms with Gasteiger partial charge in [-0.1, -0.05) is 6.92 Å². The number of ether oxygens (including phenoxy) is 1. The predicted molar refractivity (Wildman–Crippen MR) is 81.8 cm³/mol. The summed E-state index contributed by atoms with van der Waals surface area (Å²) < 4.78 is 28.5. The summed E-state index contributed by atoms with van der Waals surface area (Å²) in [6, 6.07) is 0. The molecule has 0 bridgehead atoms. The lowest BCUT2D eigenvalue weighted by atomic mass is 9.88. The second-order valence-electron chi connectivity index (χ2n) is 6.67. The molecule has 1 saturated carbocycles. The van der Waals surface area contributed by atoms with Crippen LogP contribution < -0.4 is 0 Å². The van der Waals surface area contributed by atoms with Gasteiger partial charge in [-0.3, -0.25) is 4.79 Å². The van der Waals surface area contributed by atoms with E-state index in [1.807, 2.05) is 0 Å². The fraction of sp³-hybridized carbons (Fsp3) is 0.933. The van der Waals surface area contributed by atoms with Crippen molar-refractivity contribution >= 4 is 15.7 Å². The van der Waals surface area contributed by atoms with Crippen molar-refractivity contribution in [2.75, 3.05) is 25.1 Å². The van der Waals surface area contributed by atoms with E-state index in [1.165, 1.54) is 12.8 Å². The molecule has 1 aliphatic carbocycles. The maximum atomic E-state index is 11.9. The Bertz CT molecular complexity index is 446. The molecule has 2 aliphatic rings. The van der Waals surface area contributed by atoms with Gasteiger partial charge in [-0.25, -0.2) is 8.42 Å². The van der Waals surface area contributed by atoms with Crippen LogP contribution in [0.25, 0.3) is 0 Å². The molecule has 0 radical (unpaired) electrons. The highest BCUT2D eigenvalue weighted by Gasteiger charge is 2.28. The number of amides is 1. The normalized spacial score (nSPS) is 28.6. The molecule has 0 aromatic heterocycles. The first-order chi connectivity index (χ1) is 9.83. The number of piperidine rings is 1. The average molecular weight is 317 g/mol. The summed E-state index contributed by atoms with van der Waals surface area (Å²) in [4.78, 5) is 13.5. The van der Waals surface area contributed by atoms with Gasteiger partial charge in [0.2, 0.25) is 5.91 Å². The highest BCUT2D eigenvalue weighted by Crippen LogP contribution is 2.28. The van der Waals surface area contributed by atoms with E-state index in [9.17, 15) is 13.2 Å². The standard InChI is InChI=1S/C15H27NO4S/c1-12-3-5-13(6-4-12)20-14-7-9-16(10-8-14)15(17)11-21(2,18)19/h12-14H,3-11H2,1-2H3. The summed E-state index contributed by atoms with van der Waals surface area (Å²) in [5, 5.41) is 0. The molecule has 5 nitrogen and oxygen atoms in total. The molecule has 1 heterocycles. The molecule has 1 aliphatic heterocycles. The number of sulfone groups is 1. The van der Waals surface area contributed by atoms with Crippen molar-refractivity contribution in [2.45, 2.75) is 57.7 Å². The summed E-state index contributed by atoms with van der Waals surface area (Å²) in [5.74, 6) is 0.168. The van der Waals surface area contributed by atoms with Crippen molar-refractivity contribution < 1.29 is 17.9 Å². The van der Waals surface area contributed by atoms with Gasteiger partial charge in [0.15, 0.2) is 9.84 Å². The van der Waals surface area contributed by atoms with Crippen LogP contribution in [0, 0.1) is 5.92 Å². The first-order valence-corrected chi connectivity index (χ1v) is 10.0. The number of nitrogens with zero attached hydrogens (tertiary/aromatic N) is 1. The van der Waals surface area contributed by atoms with Crippen LogP contribution in [0.4, 0.5) is 0 Å². The Kier molecular flexibility index (Phi) is 5.66. The van der Waals surface area contributed by atoms with E-state index in [-0.39, 0.29) is 17.8 Å². The zero-order valence-electron chi connectivity index (χ0n) is 13.1. The van der Waals surface area contributed by atoms with Gasteiger partial charge in [0, 0.05) is 19.3 Å². The summed E-state index contributed by atoms with van der Waals surface area (Å²) in [6.45, 7) is 3.52. The van der Waals surface area contributed by atoms with Gasteiger partial charge in [-0.05, 0) is 44.4 Å². The van der Waals surface area contributed by atoms with Gasteiger partial charge in [0.05, 0.1) is 12.2 Å². The number of likely N-dealkylation sites (tertiary alicyclic amines) is 1. The van der Waals surface area contributed by atoms with Crippen molar-refractivity contribution in [1.82, 2.24) is 4.90 Å². The highest BCUT2D eigenvalue weighted by atomic mass is 32.2. The van der Waals surface area contributed by atoms with Gasteiger partial charge in [-0.15, -0.1) is 0 Å². The van der Waals surface area contributed by atoms with E-state index in [0.29, 0.717) is 19.2 Å². The van der Waals surface area contributed by atoms with Crippen LogP contribution in [-0.2, 0) is 19.4 Å². The Morgan fingerprint density at radius 1 is 1.05 bits per heavy atom. The Hall–Kier alpha value is -0.620. The topological polar surface area (TPSA) is 63.7 Å². The van der Waals surface area contributed by atoms with Crippen LogP contribution in [0.15, 0.2) is 0 Å². The molecule has 2 rings (SSSR count). The van der Waals surface area contributed by atoms with E-state index in [4.69, 9.17) is 4.74 Å². The number of rotatable bonds is 4. The van der Waals surface area contributed by atoms with E-state index in [1.54, 1.807) is 4.90 Å². The van der Waals surface area contributed by atoms with E-state index >= 15 is 0 Å². The highest BCUT2D eigenvalue weighted by molar-refractivity contribution is 7.91. The number of carbonyl (C=O) groups excluding carboxylic acids is 1. The zero-order chi connectivity index (χ0) is 15.5. The van der Waals surface area contributed by atoms with E-state index in [0.717, 1.165) is 37.9 Å². The van der Waals surface area contributed by atoms with Gasteiger partial charge in [0.25, 0.3) is 0 Å². The largest absolute Gasteiger partial charge is 0.375 e. The molecule has 0 aromatic carbocycles. The van der Waals surface area contributed by atoms with Crippen molar-refractivity contribution in [3.63, 3.8) is 0 Å². The Morgan fingerprint density at radius 3 is 2.10 bits per heavy atom. The van der Waals surface area contributed by atoms with Crippen LogP contribution >= 0.6 is 0 Å². The summed E-state index contributed by atoms with van der Waals surface area (Å²) in [6.07, 6.45) is 8.14. The minimum atomic E-state index is -3.24. The lowest BCUT2D eigenvalue weighted by Crippen LogP contribution is -2.44. The minimum Gasteiger partial charge on any atom is -0.375 e. The fourth-order valence-corrected chi connectivity index (χ4v) is 3.83. The second kappa shape index (κ2) is 7.09. The van der Waals surface area contributed by atoms with E-state index in [2.05, 4.69) is 6.92 Å². The third-order valence-electron chi connectivity index (χ3n) is 4.53. The number of hydrogen-bond acceptors (Lipinski definition) is 4. The summed E-state index contributed by atoms with van der Waals surface area (Å²) in [7, 11) is -3.24. The molecule has 0 atom stereocenters. The smallest absolute Gasteiger partial charge is 0.237 e. The van der Waals surface area contributed by atoms with Crippen LogP contribution in [0.1, 0.15) is 45.4 Å². The van der Waals surface area contributed by atoms with Crippen molar-refractivity contribution in [2.24, 2.45) is 5.92 Å². The fourth-order valence-electron chi connectivity index (χ4n) is 3.19. The Morgan fingerprint density at radius 2 is 1.57 bits per heavy atom. The SMILES string of the molecule is CC1CCC(OC2CCN(C(=O)CS(C)(=O)=O)CC2)CC1. The summed E-state index contributed by atoms with van der Waals surface area (Å²) >= 11 is 0. The second-order valence-corrected chi connectivity index (χ2v) is 8.81. The molecule has 1 saturated heterocycles. The lowest BCUT2D eigenvalue weighted by molar-refractivity contribution is -0.132.